The molecule has 0 saturated carbocycles. The molecule has 6 nitrogen and oxygen atoms in total. The van der Waals surface area contributed by atoms with Crippen molar-refractivity contribution in [1.29, 1.82) is 0 Å². The summed E-state index contributed by atoms with van der Waals surface area (Å²) in [4.78, 5) is 37.9. The van der Waals surface area contributed by atoms with Gasteiger partial charge in [-0.3, -0.25) is 14.4 Å². The zero-order chi connectivity index (χ0) is 46.5. The fourth-order valence-electron chi connectivity index (χ4n) is 8.68. The summed E-state index contributed by atoms with van der Waals surface area (Å²) in [5.74, 6) is -0.864. The van der Waals surface area contributed by atoms with Crippen LogP contribution in [0.4, 0.5) is 0 Å². The number of ether oxygens (including phenoxy) is 3. The first kappa shape index (κ1) is 62.1. The molecule has 1 atom stereocenters. The van der Waals surface area contributed by atoms with E-state index in [-0.39, 0.29) is 31.1 Å². The molecular weight excluding hydrogens is 793 g/mol. The highest BCUT2D eigenvalue weighted by atomic mass is 16.6. The maximum atomic E-state index is 12.7. The molecule has 0 aromatic carbocycles. The van der Waals surface area contributed by atoms with Crippen LogP contribution >= 0.6 is 0 Å². The number of allylic oxidation sites excluding steroid dienone is 2. The molecule has 0 N–H and O–H groups in total. The van der Waals surface area contributed by atoms with Crippen LogP contribution < -0.4 is 0 Å². The molecule has 0 bridgehead atoms. The van der Waals surface area contributed by atoms with Crippen molar-refractivity contribution >= 4 is 17.9 Å². The van der Waals surface area contributed by atoms with Gasteiger partial charge in [-0.25, -0.2) is 0 Å². The number of rotatable bonds is 53. The lowest BCUT2D eigenvalue weighted by Crippen LogP contribution is -2.30. The van der Waals surface area contributed by atoms with E-state index in [2.05, 4.69) is 32.9 Å². The van der Waals surface area contributed by atoms with Crippen LogP contribution in [0.1, 0.15) is 323 Å². The third-order valence-corrected chi connectivity index (χ3v) is 13.0. The van der Waals surface area contributed by atoms with Gasteiger partial charge in [0, 0.05) is 19.3 Å². The molecule has 0 aliphatic heterocycles. The number of carbonyl (C=O) groups excluding carboxylic acids is 3. The normalized spacial score (nSPS) is 12.0. The van der Waals surface area contributed by atoms with Crippen molar-refractivity contribution in [2.24, 2.45) is 0 Å². The van der Waals surface area contributed by atoms with E-state index in [1.807, 2.05) is 0 Å². The largest absolute Gasteiger partial charge is 0.462 e. The van der Waals surface area contributed by atoms with Crippen molar-refractivity contribution in [3.05, 3.63) is 12.2 Å². The first-order chi connectivity index (χ1) is 31.5. The molecule has 0 spiro atoms. The number of unbranched alkanes of at least 4 members (excludes halogenated alkanes) is 40. The van der Waals surface area contributed by atoms with Gasteiger partial charge in [0.15, 0.2) is 6.10 Å². The van der Waals surface area contributed by atoms with Crippen LogP contribution in [0.2, 0.25) is 0 Å². The van der Waals surface area contributed by atoms with Crippen molar-refractivity contribution in [3.8, 4) is 0 Å². The number of hydrogen-bond acceptors (Lipinski definition) is 6. The van der Waals surface area contributed by atoms with Crippen molar-refractivity contribution in [1.82, 2.24) is 0 Å². The van der Waals surface area contributed by atoms with Crippen molar-refractivity contribution in [3.63, 3.8) is 0 Å². The molecule has 6 heteroatoms. The van der Waals surface area contributed by atoms with Gasteiger partial charge >= 0.3 is 17.9 Å². The van der Waals surface area contributed by atoms with Gasteiger partial charge in [-0.2, -0.15) is 0 Å². The van der Waals surface area contributed by atoms with Gasteiger partial charge < -0.3 is 14.2 Å². The lowest BCUT2D eigenvalue weighted by Gasteiger charge is -2.18. The van der Waals surface area contributed by atoms with Crippen LogP contribution in [-0.2, 0) is 28.6 Å². The highest BCUT2D eigenvalue weighted by Gasteiger charge is 2.19. The monoisotopic (exact) mass is 903 g/mol. The summed E-state index contributed by atoms with van der Waals surface area (Å²) in [6, 6.07) is 0. The Labute approximate surface area is 399 Å². The molecule has 0 aliphatic carbocycles. The van der Waals surface area contributed by atoms with Crippen molar-refractivity contribution < 1.29 is 28.6 Å². The Hall–Kier alpha value is -1.85. The van der Waals surface area contributed by atoms with E-state index in [0.717, 1.165) is 64.2 Å². The molecule has 0 saturated heterocycles. The molecule has 0 radical (unpaired) electrons. The summed E-state index contributed by atoms with van der Waals surface area (Å²) in [7, 11) is 0. The zero-order valence-corrected chi connectivity index (χ0v) is 43.3. The summed E-state index contributed by atoms with van der Waals surface area (Å²) in [6.45, 7) is 6.62. The predicted molar refractivity (Wildman–Crippen MR) is 275 cm³/mol. The lowest BCUT2D eigenvalue weighted by molar-refractivity contribution is -0.167. The zero-order valence-electron chi connectivity index (χ0n) is 43.3. The molecule has 0 fully saturated rings. The van der Waals surface area contributed by atoms with Gasteiger partial charge in [-0.1, -0.05) is 270 Å². The fraction of sp³-hybridized carbons (Fsp3) is 0.914. The first-order valence-corrected chi connectivity index (χ1v) is 28.7. The molecule has 64 heavy (non-hydrogen) atoms. The van der Waals surface area contributed by atoms with Crippen LogP contribution in [0.3, 0.4) is 0 Å². The van der Waals surface area contributed by atoms with Crippen LogP contribution in [0.15, 0.2) is 12.2 Å². The lowest BCUT2D eigenvalue weighted by atomic mass is 10.0. The SMILES string of the molecule is CCCCC/C=C\CCCCCCCC(=O)OC(COC(=O)CCCCCCCCCC)COC(=O)CCCCCCCCCCCCCCCCCCCCCCCCCCCC. The molecule has 0 aromatic heterocycles. The summed E-state index contributed by atoms with van der Waals surface area (Å²) >= 11 is 0. The van der Waals surface area contributed by atoms with E-state index in [9.17, 15) is 14.4 Å². The van der Waals surface area contributed by atoms with Crippen LogP contribution in [0, 0.1) is 0 Å². The first-order valence-electron chi connectivity index (χ1n) is 28.7. The maximum absolute atomic E-state index is 12.7. The number of esters is 3. The molecule has 0 rings (SSSR count). The Kier molecular flexibility index (Phi) is 52.2. The minimum Gasteiger partial charge on any atom is -0.462 e. The molecule has 0 heterocycles. The summed E-state index contributed by atoms with van der Waals surface area (Å²) in [6.07, 6.45) is 60.9. The Morgan fingerprint density at radius 1 is 0.297 bits per heavy atom. The van der Waals surface area contributed by atoms with Gasteiger partial charge in [-0.15, -0.1) is 0 Å². The van der Waals surface area contributed by atoms with Crippen LogP contribution in [0.5, 0.6) is 0 Å². The van der Waals surface area contributed by atoms with Gasteiger partial charge in [-0.05, 0) is 44.9 Å². The highest BCUT2D eigenvalue weighted by molar-refractivity contribution is 5.71. The second-order valence-corrected chi connectivity index (χ2v) is 19.6. The molecule has 378 valence electrons. The molecule has 0 aromatic rings. The molecular formula is C58H110O6. The molecule has 0 aliphatic rings. The Morgan fingerprint density at radius 2 is 0.516 bits per heavy atom. The third kappa shape index (κ3) is 51.1. The average molecular weight is 904 g/mol. The Bertz CT molecular complexity index is 993. The standard InChI is InChI=1S/C58H110O6/c1-4-7-10-13-16-19-21-23-24-25-26-27-28-29-30-31-32-33-34-35-36-38-39-42-45-48-51-57(60)63-54-55(53-62-56(59)50-47-44-41-18-15-12-9-6-3)64-58(61)52-49-46-43-40-37-22-20-17-14-11-8-5-2/h17,20,55H,4-16,18-19,21-54H2,1-3H3/b20-17-. The van der Waals surface area contributed by atoms with Crippen molar-refractivity contribution in [2.75, 3.05) is 13.2 Å². The van der Waals surface area contributed by atoms with E-state index in [4.69, 9.17) is 14.2 Å². The van der Waals surface area contributed by atoms with E-state index < -0.39 is 6.10 Å². The van der Waals surface area contributed by atoms with E-state index in [1.165, 1.54) is 218 Å². The number of carbonyl (C=O) groups is 3. The van der Waals surface area contributed by atoms with Gasteiger partial charge in [0.05, 0.1) is 0 Å². The van der Waals surface area contributed by atoms with E-state index in [0.29, 0.717) is 19.3 Å². The third-order valence-electron chi connectivity index (χ3n) is 13.0. The van der Waals surface area contributed by atoms with Gasteiger partial charge in [0.1, 0.15) is 13.2 Å². The predicted octanol–water partition coefficient (Wildman–Crippen LogP) is 18.9. The fourth-order valence-corrected chi connectivity index (χ4v) is 8.68. The second kappa shape index (κ2) is 53.8. The smallest absolute Gasteiger partial charge is 0.306 e. The van der Waals surface area contributed by atoms with Gasteiger partial charge in [0.2, 0.25) is 0 Å². The molecule has 0 amide bonds. The highest BCUT2D eigenvalue weighted by Crippen LogP contribution is 2.17. The Morgan fingerprint density at radius 3 is 0.812 bits per heavy atom. The second-order valence-electron chi connectivity index (χ2n) is 19.6. The van der Waals surface area contributed by atoms with Crippen LogP contribution in [-0.4, -0.2) is 37.2 Å². The summed E-state index contributed by atoms with van der Waals surface area (Å²) in [5.41, 5.74) is 0. The summed E-state index contributed by atoms with van der Waals surface area (Å²) < 4.78 is 16.8. The quantitative estimate of drug-likeness (QED) is 0.0262. The molecule has 1 unspecified atom stereocenters. The minimum absolute atomic E-state index is 0.0684. The van der Waals surface area contributed by atoms with Crippen molar-refractivity contribution in [2.45, 2.75) is 329 Å². The summed E-state index contributed by atoms with van der Waals surface area (Å²) in [5, 5.41) is 0. The Balaban J connectivity index is 4.04. The maximum Gasteiger partial charge on any atom is 0.306 e. The van der Waals surface area contributed by atoms with Gasteiger partial charge in [0.25, 0.3) is 0 Å². The number of hydrogen-bond donors (Lipinski definition) is 0. The average Bonchev–Trinajstić information content (AvgIpc) is 3.29. The van der Waals surface area contributed by atoms with Crippen LogP contribution in [0.25, 0.3) is 0 Å². The van der Waals surface area contributed by atoms with E-state index in [1.54, 1.807) is 0 Å². The minimum atomic E-state index is -0.767. The van der Waals surface area contributed by atoms with E-state index >= 15 is 0 Å². The topological polar surface area (TPSA) is 78.9 Å².